The van der Waals surface area contributed by atoms with E-state index in [1.165, 1.54) is 24.3 Å². The first-order valence-electron chi connectivity index (χ1n) is 6.64. The van der Waals surface area contributed by atoms with Crippen LogP contribution in [0.5, 0.6) is 0 Å². The summed E-state index contributed by atoms with van der Waals surface area (Å²) in [6.07, 6.45) is 0. The molecule has 0 heterocycles. The molecule has 0 aliphatic heterocycles. The summed E-state index contributed by atoms with van der Waals surface area (Å²) in [6, 6.07) is 2.70. The Morgan fingerprint density at radius 1 is 0.824 bits per heavy atom. The van der Waals surface area contributed by atoms with Crippen molar-refractivity contribution in [1.82, 2.24) is 0 Å². The zero-order chi connectivity index (χ0) is 15.9. The van der Waals surface area contributed by atoms with Crippen molar-refractivity contribution < 1.29 is 13.9 Å². The van der Waals surface area contributed by atoms with Gasteiger partial charge in [0, 0.05) is 11.4 Å². The summed E-state index contributed by atoms with van der Waals surface area (Å²) in [6.45, 7) is 0. The standard InChI is InChI=1S/C12H12N2O2S/c13-9-1-5-11(6-2-9)17(15,16)12-7-3-10(14)4-8-12/h1-8H,13-14H2/i1D,2D,5D,6D. The van der Waals surface area contributed by atoms with Gasteiger partial charge in [-0.3, -0.25) is 0 Å². The van der Waals surface area contributed by atoms with Gasteiger partial charge in [0.25, 0.3) is 0 Å². The van der Waals surface area contributed by atoms with E-state index < -0.39 is 38.9 Å². The highest BCUT2D eigenvalue weighted by molar-refractivity contribution is 7.91. The van der Waals surface area contributed by atoms with Gasteiger partial charge in [0.2, 0.25) is 9.84 Å². The molecule has 0 saturated carbocycles. The van der Waals surface area contributed by atoms with Crippen LogP contribution in [0.3, 0.4) is 0 Å². The molecule has 0 atom stereocenters. The van der Waals surface area contributed by atoms with Gasteiger partial charge in [0.05, 0.1) is 15.3 Å². The Bertz CT molecular complexity index is 791. The molecule has 0 bridgehead atoms. The summed E-state index contributed by atoms with van der Waals surface area (Å²) in [5, 5.41) is 0. The summed E-state index contributed by atoms with van der Waals surface area (Å²) < 4.78 is 55.7. The summed E-state index contributed by atoms with van der Waals surface area (Å²) in [4.78, 5) is -0.862. The molecule has 0 amide bonds. The van der Waals surface area contributed by atoms with Gasteiger partial charge >= 0.3 is 0 Å². The number of hydrogen-bond acceptors (Lipinski definition) is 4. The number of rotatable bonds is 2. The fraction of sp³-hybridized carbons (Fsp3) is 0. The monoisotopic (exact) mass is 252 g/mol. The molecule has 0 spiro atoms. The van der Waals surface area contributed by atoms with Crippen molar-refractivity contribution in [3.05, 3.63) is 48.4 Å². The predicted octanol–water partition coefficient (Wildman–Crippen LogP) is 1.68. The molecule has 0 fully saturated rings. The van der Waals surface area contributed by atoms with E-state index in [0.29, 0.717) is 5.69 Å². The van der Waals surface area contributed by atoms with Crippen molar-refractivity contribution >= 4 is 21.2 Å². The molecule has 4 nitrogen and oxygen atoms in total. The number of nitrogens with two attached hydrogens (primary N) is 2. The third-order valence-electron chi connectivity index (χ3n) is 2.08. The van der Waals surface area contributed by atoms with Crippen molar-refractivity contribution in [2.24, 2.45) is 0 Å². The Balaban J connectivity index is 2.80. The van der Waals surface area contributed by atoms with Crippen LogP contribution in [0.4, 0.5) is 11.4 Å². The maximum absolute atomic E-state index is 12.5. The van der Waals surface area contributed by atoms with E-state index in [2.05, 4.69) is 0 Å². The lowest BCUT2D eigenvalue weighted by Gasteiger charge is -2.05. The summed E-state index contributed by atoms with van der Waals surface area (Å²) >= 11 is 0. The van der Waals surface area contributed by atoms with Gasteiger partial charge in [-0.25, -0.2) is 8.42 Å². The minimum Gasteiger partial charge on any atom is -0.399 e. The molecule has 17 heavy (non-hydrogen) atoms. The fourth-order valence-electron chi connectivity index (χ4n) is 1.21. The van der Waals surface area contributed by atoms with Crippen LogP contribution >= 0.6 is 0 Å². The average Bonchev–Trinajstić information content (AvgIpc) is 2.43. The smallest absolute Gasteiger partial charge is 0.206 e. The third-order valence-corrected chi connectivity index (χ3v) is 3.71. The first-order valence-corrected chi connectivity index (χ1v) is 6.12. The van der Waals surface area contributed by atoms with E-state index in [0.717, 1.165) is 0 Å². The van der Waals surface area contributed by atoms with Gasteiger partial charge in [-0.2, -0.15) is 0 Å². The Morgan fingerprint density at radius 2 is 1.35 bits per heavy atom. The zero-order valence-electron chi connectivity index (χ0n) is 12.7. The number of nitrogen functional groups attached to an aromatic ring is 2. The van der Waals surface area contributed by atoms with Crippen LogP contribution in [0.2, 0.25) is 0 Å². The lowest BCUT2D eigenvalue weighted by molar-refractivity contribution is 0.596. The molecule has 5 heteroatoms. The highest BCUT2D eigenvalue weighted by Gasteiger charge is 2.16. The SMILES string of the molecule is [2H]c1c([2H])c(S(=O)(=O)c2ccc(N)cc2)c([2H])c([2H])c1N. The molecule has 4 N–H and O–H groups in total. The highest BCUT2D eigenvalue weighted by Crippen LogP contribution is 2.22. The van der Waals surface area contributed by atoms with Gasteiger partial charge in [0.15, 0.2) is 0 Å². The van der Waals surface area contributed by atoms with Gasteiger partial charge in [0.1, 0.15) is 0 Å². The van der Waals surface area contributed by atoms with E-state index >= 15 is 0 Å². The lowest BCUT2D eigenvalue weighted by atomic mass is 10.3. The van der Waals surface area contributed by atoms with Crippen molar-refractivity contribution in [1.29, 1.82) is 0 Å². The van der Waals surface area contributed by atoms with E-state index in [-0.39, 0.29) is 10.6 Å². The van der Waals surface area contributed by atoms with Gasteiger partial charge in [-0.15, -0.1) is 0 Å². The average molecular weight is 252 g/mol. The maximum Gasteiger partial charge on any atom is 0.206 e. The van der Waals surface area contributed by atoms with Gasteiger partial charge in [-0.05, 0) is 48.4 Å². The van der Waals surface area contributed by atoms with Crippen LogP contribution in [0.1, 0.15) is 5.48 Å². The molecule has 0 aromatic heterocycles. The van der Waals surface area contributed by atoms with Crippen LogP contribution in [-0.2, 0) is 9.84 Å². The van der Waals surface area contributed by atoms with Crippen LogP contribution in [0.15, 0.2) is 58.2 Å². The summed E-state index contributed by atoms with van der Waals surface area (Å²) in [7, 11) is -4.20. The number of sulfone groups is 1. The van der Waals surface area contributed by atoms with E-state index in [4.69, 9.17) is 17.0 Å². The third kappa shape index (κ3) is 2.24. The van der Waals surface area contributed by atoms with E-state index in [9.17, 15) is 8.42 Å². The van der Waals surface area contributed by atoms with Crippen molar-refractivity contribution in [2.75, 3.05) is 11.5 Å². The number of benzene rings is 2. The Morgan fingerprint density at radius 3 is 1.88 bits per heavy atom. The first-order chi connectivity index (χ1) is 9.67. The van der Waals surface area contributed by atoms with Crippen LogP contribution < -0.4 is 11.5 Å². The summed E-state index contributed by atoms with van der Waals surface area (Å²) in [5.74, 6) is 0. The van der Waals surface area contributed by atoms with Crippen LogP contribution in [0.25, 0.3) is 0 Å². The largest absolute Gasteiger partial charge is 0.399 e. The minimum absolute atomic E-state index is 0.165. The second-order valence-corrected chi connectivity index (χ2v) is 5.20. The van der Waals surface area contributed by atoms with Gasteiger partial charge in [-0.1, -0.05) is 0 Å². The maximum atomic E-state index is 12.5. The van der Waals surface area contributed by atoms with E-state index in [1.807, 2.05) is 0 Å². The van der Waals surface area contributed by atoms with E-state index in [1.54, 1.807) is 0 Å². The van der Waals surface area contributed by atoms with Crippen LogP contribution in [0, 0.1) is 0 Å². The summed E-state index contributed by atoms with van der Waals surface area (Å²) in [5.41, 5.74) is 10.9. The highest BCUT2D eigenvalue weighted by atomic mass is 32.2. The Kier molecular flexibility index (Phi) is 1.77. The molecule has 0 aliphatic carbocycles. The van der Waals surface area contributed by atoms with Crippen molar-refractivity contribution in [3.8, 4) is 0 Å². The molecule has 0 aliphatic rings. The molecule has 88 valence electrons. The molecule has 0 saturated heterocycles. The minimum atomic E-state index is -4.20. The topological polar surface area (TPSA) is 86.2 Å². The Hall–Kier alpha value is -2.01. The molecular formula is C12H12N2O2S. The second kappa shape index (κ2) is 4.10. The number of hydrogen-bond donors (Lipinski definition) is 2. The molecule has 2 aromatic rings. The normalized spacial score (nSPS) is 14.6. The number of anilines is 2. The van der Waals surface area contributed by atoms with Gasteiger partial charge < -0.3 is 11.5 Å². The molecule has 2 rings (SSSR count). The predicted molar refractivity (Wildman–Crippen MR) is 67.2 cm³/mol. The molecule has 0 unspecified atom stereocenters. The van der Waals surface area contributed by atoms with Crippen LogP contribution in [-0.4, -0.2) is 8.42 Å². The Labute approximate surface area is 105 Å². The van der Waals surface area contributed by atoms with Crippen molar-refractivity contribution in [2.45, 2.75) is 9.79 Å². The first kappa shape index (κ1) is 7.34. The fourth-order valence-corrected chi connectivity index (χ4v) is 2.31. The zero-order valence-corrected chi connectivity index (χ0v) is 9.51. The molecule has 0 radical (unpaired) electrons. The molecular weight excluding hydrogens is 236 g/mol. The molecule has 2 aromatic carbocycles. The lowest BCUT2D eigenvalue weighted by Crippen LogP contribution is -2.02. The van der Waals surface area contributed by atoms with Crippen molar-refractivity contribution in [3.63, 3.8) is 0 Å². The quantitative estimate of drug-likeness (QED) is 0.796. The second-order valence-electron chi connectivity index (χ2n) is 3.32.